The van der Waals surface area contributed by atoms with Crippen LogP contribution in [0.4, 0.5) is 5.69 Å². The van der Waals surface area contributed by atoms with E-state index in [-0.39, 0.29) is 11.7 Å². The number of carbonyl (C=O) groups is 1. The molecule has 0 saturated heterocycles. The van der Waals surface area contributed by atoms with Gasteiger partial charge in [-0.05, 0) is 52.8 Å². The zero-order valence-electron chi connectivity index (χ0n) is 14.5. The molecular formula is C18H19IN4O2S. The maximum absolute atomic E-state index is 12.3. The predicted molar refractivity (Wildman–Crippen MR) is 111 cm³/mol. The number of nitrogens with zero attached hydrogens (tertiary/aromatic N) is 3. The van der Waals surface area contributed by atoms with Crippen LogP contribution in [0.1, 0.15) is 13.8 Å². The van der Waals surface area contributed by atoms with E-state index in [0.29, 0.717) is 22.7 Å². The molecule has 3 rings (SSSR count). The van der Waals surface area contributed by atoms with Crippen LogP contribution >= 0.6 is 34.4 Å². The molecular weight excluding hydrogens is 463 g/mol. The van der Waals surface area contributed by atoms with E-state index in [1.807, 2.05) is 41.0 Å². The van der Waals surface area contributed by atoms with Crippen molar-refractivity contribution in [3.63, 3.8) is 0 Å². The van der Waals surface area contributed by atoms with Crippen LogP contribution in [0.15, 0.2) is 52.2 Å². The second kappa shape index (κ2) is 8.72. The summed E-state index contributed by atoms with van der Waals surface area (Å²) in [6, 6.07) is 11.4. The monoisotopic (exact) mass is 482 g/mol. The second-order valence-corrected chi connectivity index (χ2v) is 8.21. The molecule has 6 nitrogen and oxygen atoms in total. The van der Waals surface area contributed by atoms with Crippen molar-refractivity contribution in [1.82, 2.24) is 14.8 Å². The van der Waals surface area contributed by atoms with Crippen molar-refractivity contribution in [1.29, 1.82) is 0 Å². The highest BCUT2D eigenvalue weighted by molar-refractivity contribution is 14.1. The van der Waals surface area contributed by atoms with E-state index < -0.39 is 0 Å². The molecule has 0 aliphatic carbocycles. The molecule has 3 aromatic rings. The third kappa shape index (κ3) is 4.67. The van der Waals surface area contributed by atoms with Gasteiger partial charge in [0.1, 0.15) is 0 Å². The Labute approximate surface area is 169 Å². The molecule has 0 aliphatic heterocycles. The number of halogens is 1. The van der Waals surface area contributed by atoms with E-state index in [2.05, 4.69) is 52.0 Å². The lowest BCUT2D eigenvalue weighted by atomic mass is 10.2. The minimum atomic E-state index is -0.0715. The van der Waals surface area contributed by atoms with Gasteiger partial charge in [0.25, 0.3) is 0 Å². The maximum Gasteiger partial charge on any atom is 0.234 e. The number of benzene rings is 1. The summed E-state index contributed by atoms with van der Waals surface area (Å²) < 4.78 is 8.47. The molecule has 2 heterocycles. The van der Waals surface area contributed by atoms with Crippen LogP contribution in [0.3, 0.4) is 0 Å². The first kappa shape index (κ1) is 19.0. The van der Waals surface area contributed by atoms with Crippen LogP contribution in [-0.2, 0) is 11.3 Å². The van der Waals surface area contributed by atoms with Gasteiger partial charge in [-0.25, -0.2) is 0 Å². The number of nitrogens with one attached hydrogen (secondary N) is 1. The van der Waals surface area contributed by atoms with E-state index in [1.165, 1.54) is 11.8 Å². The molecule has 0 unspecified atom stereocenters. The zero-order valence-corrected chi connectivity index (χ0v) is 17.5. The SMILES string of the molecule is CC(C)Cn1c(SCC(=O)Nc2ccccc2I)nnc1-c1ccco1. The number of hydrogen-bond donors (Lipinski definition) is 1. The average molecular weight is 482 g/mol. The van der Waals surface area contributed by atoms with Crippen LogP contribution in [0.2, 0.25) is 0 Å². The molecule has 0 spiro atoms. The van der Waals surface area contributed by atoms with Gasteiger partial charge >= 0.3 is 0 Å². The number of amides is 1. The number of furan rings is 1. The van der Waals surface area contributed by atoms with Gasteiger partial charge in [-0.15, -0.1) is 10.2 Å². The highest BCUT2D eigenvalue weighted by Gasteiger charge is 2.18. The Balaban J connectivity index is 1.71. The van der Waals surface area contributed by atoms with Crippen LogP contribution in [-0.4, -0.2) is 26.4 Å². The van der Waals surface area contributed by atoms with Gasteiger partial charge in [0.15, 0.2) is 16.7 Å². The second-order valence-electron chi connectivity index (χ2n) is 6.10. The summed E-state index contributed by atoms with van der Waals surface area (Å²) in [5.74, 6) is 1.97. The number of rotatable bonds is 7. The molecule has 1 N–H and O–H groups in total. The summed E-state index contributed by atoms with van der Waals surface area (Å²) >= 11 is 3.58. The normalized spacial score (nSPS) is 11.1. The third-order valence-corrected chi connectivity index (χ3v) is 5.39. The summed E-state index contributed by atoms with van der Waals surface area (Å²) in [5.41, 5.74) is 0.818. The number of para-hydroxylation sites is 1. The Morgan fingerprint density at radius 1 is 1.27 bits per heavy atom. The summed E-state index contributed by atoms with van der Waals surface area (Å²) in [4.78, 5) is 12.3. The van der Waals surface area contributed by atoms with Gasteiger partial charge < -0.3 is 9.73 Å². The molecule has 1 aromatic carbocycles. The predicted octanol–water partition coefficient (Wildman–Crippen LogP) is 4.53. The summed E-state index contributed by atoms with van der Waals surface area (Å²) in [6.07, 6.45) is 1.62. The van der Waals surface area contributed by atoms with E-state index in [0.717, 1.165) is 15.8 Å². The first-order valence-corrected chi connectivity index (χ1v) is 10.2. The van der Waals surface area contributed by atoms with Gasteiger partial charge in [-0.2, -0.15) is 0 Å². The molecule has 0 aliphatic rings. The van der Waals surface area contributed by atoms with Crippen LogP contribution < -0.4 is 5.32 Å². The standard InChI is InChI=1S/C18H19IN4O2S/c1-12(2)10-23-17(15-8-5-9-25-15)21-22-18(23)26-11-16(24)20-14-7-4-3-6-13(14)19/h3-9,12H,10-11H2,1-2H3,(H,20,24). The third-order valence-electron chi connectivity index (χ3n) is 3.49. The Hall–Kier alpha value is -1.81. The minimum Gasteiger partial charge on any atom is -0.461 e. The van der Waals surface area contributed by atoms with Gasteiger partial charge in [-0.3, -0.25) is 9.36 Å². The molecule has 0 atom stereocenters. The number of aromatic nitrogens is 3. The molecule has 2 aromatic heterocycles. The number of thioether (sulfide) groups is 1. The lowest BCUT2D eigenvalue weighted by Crippen LogP contribution is -2.15. The molecule has 1 amide bonds. The van der Waals surface area contributed by atoms with Gasteiger partial charge in [0.05, 0.1) is 17.7 Å². The van der Waals surface area contributed by atoms with Crippen molar-refractivity contribution in [3.8, 4) is 11.6 Å². The van der Waals surface area contributed by atoms with Gasteiger partial charge in [-0.1, -0.05) is 37.7 Å². The van der Waals surface area contributed by atoms with Crippen molar-refractivity contribution < 1.29 is 9.21 Å². The topological polar surface area (TPSA) is 73.0 Å². The number of hydrogen-bond acceptors (Lipinski definition) is 5. The van der Waals surface area contributed by atoms with Gasteiger partial charge in [0, 0.05) is 10.1 Å². The largest absolute Gasteiger partial charge is 0.461 e. The van der Waals surface area contributed by atoms with Crippen LogP contribution in [0, 0.1) is 9.49 Å². The van der Waals surface area contributed by atoms with E-state index in [9.17, 15) is 4.79 Å². The average Bonchev–Trinajstić information content (AvgIpc) is 3.24. The van der Waals surface area contributed by atoms with Gasteiger partial charge in [0.2, 0.25) is 5.91 Å². The molecule has 0 radical (unpaired) electrons. The highest BCUT2D eigenvalue weighted by atomic mass is 127. The van der Waals surface area contributed by atoms with Crippen molar-refractivity contribution in [2.24, 2.45) is 5.92 Å². The zero-order chi connectivity index (χ0) is 18.5. The number of carbonyl (C=O) groups excluding carboxylic acids is 1. The fourth-order valence-electron chi connectivity index (χ4n) is 2.39. The number of anilines is 1. The van der Waals surface area contributed by atoms with Crippen LogP contribution in [0.5, 0.6) is 0 Å². The highest BCUT2D eigenvalue weighted by Crippen LogP contribution is 2.26. The van der Waals surface area contributed by atoms with Crippen molar-refractivity contribution in [3.05, 3.63) is 46.2 Å². The quantitative estimate of drug-likeness (QED) is 0.396. The maximum atomic E-state index is 12.3. The van der Waals surface area contributed by atoms with Crippen molar-refractivity contribution in [2.45, 2.75) is 25.5 Å². The Kier molecular flexibility index (Phi) is 6.36. The first-order chi connectivity index (χ1) is 12.5. The van der Waals surface area contributed by atoms with E-state index in [4.69, 9.17) is 4.42 Å². The molecule has 136 valence electrons. The summed E-state index contributed by atoms with van der Waals surface area (Å²) in [7, 11) is 0. The molecule has 26 heavy (non-hydrogen) atoms. The molecule has 8 heteroatoms. The molecule has 0 bridgehead atoms. The fraction of sp³-hybridized carbons (Fsp3) is 0.278. The van der Waals surface area contributed by atoms with E-state index >= 15 is 0 Å². The summed E-state index contributed by atoms with van der Waals surface area (Å²) in [6.45, 7) is 5.01. The minimum absolute atomic E-state index is 0.0715. The van der Waals surface area contributed by atoms with Crippen molar-refractivity contribution in [2.75, 3.05) is 11.1 Å². The Bertz CT molecular complexity index is 877. The lowest BCUT2D eigenvalue weighted by molar-refractivity contribution is -0.113. The summed E-state index contributed by atoms with van der Waals surface area (Å²) in [5, 5.41) is 12.2. The molecule has 0 saturated carbocycles. The molecule has 0 fully saturated rings. The van der Waals surface area contributed by atoms with Crippen molar-refractivity contribution >= 4 is 45.9 Å². The first-order valence-electron chi connectivity index (χ1n) is 8.19. The van der Waals surface area contributed by atoms with E-state index in [1.54, 1.807) is 6.26 Å². The fourth-order valence-corrected chi connectivity index (χ4v) is 3.66. The Morgan fingerprint density at radius 3 is 2.77 bits per heavy atom. The lowest BCUT2D eigenvalue weighted by Gasteiger charge is -2.11. The smallest absolute Gasteiger partial charge is 0.234 e. The van der Waals surface area contributed by atoms with Crippen LogP contribution in [0.25, 0.3) is 11.6 Å². The Morgan fingerprint density at radius 2 is 2.08 bits per heavy atom.